The summed E-state index contributed by atoms with van der Waals surface area (Å²) < 4.78 is 0. The molecule has 1 N–H and O–H groups in total. The van der Waals surface area contributed by atoms with E-state index in [0.29, 0.717) is 0 Å². The second-order valence-corrected chi connectivity index (χ2v) is 13.2. The Bertz CT molecular complexity index is 477. The lowest BCUT2D eigenvalue weighted by Gasteiger charge is -2.29. The van der Waals surface area contributed by atoms with Gasteiger partial charge in [-0.25, -0.2) is 0 Å². The summed E-state index contributed by atoms with van der Waals surface area (Å²) in [6, 6.07) is -0.279. The van der Waals surface area contributed by atoms with Crippen LogP contribution in [0.1, 0.15) is 220 Å². The van der Waals surface area contributed by atoms with Gasteiger partial charge in [0.1, 0.15) is 6.04 Å². The molecule has 1 unspecified atom stereocenters. The molecular formula is C38H77NO2. The summed E-state index contributed by atoms with van der Waals surface area (Å²) in [6.45, 7) is 8.69. The zero-order valence-corrected chi connectivity index (χ0v) is 28.7. The zero-order chi connectivity index (χ0) is 30.1. The molecule has 0 spiro atoms. The van der Waals surface area contributed by atoms with Crippen LogP contribution in [-0.2, 0) is 4.79 Å². The molecule has 0 saturated carbocycles. The summed E-state index contributed by atoms with van der Waals surface area (Å²) in [7, 11) is 0. The molecule has 246 valence electrons. The number of unbranched alkanes of at least 4 members (excludes halogenated alkanes) is 27. The Labute approximate surface area is 259 Å². The van der Waals surface area contributed by atoms with Gasteiger partial charge in [-0.3, -0.25) is 9.69 Å². The third kappa shape index (κ3) is 29.3. The first-order chi connectivity index (χ1) is 20.2. The van der Waals surface area contributed by atoms with E-state index >= 15 is 0 Å². The molecule has 0 radical (unpaired) electrons. The molecule has 41 heavy (non-hydrogen) atoms. The Morgan fingerprint density at radius 3 is 0.902 bits per heavy atom. The summed E-state index contributed by atoms with van der Waals surface area (Å²) >= 11 is 0. The van der Waals surface area contributed by atoms with Crippen molar-refractivity contribution in [3.63, 3.8) is 0 Å². The van der Waals surface area contributed by atoms with E-state index < -0.39 is 5.97 Å². The van der Waals surface area contributed by atoms with Crippen LogP contribution in [0.4, 0.5) is 0 Å². The van der Waals surface area contributed by atoms with Crippen molar-refractivity contribution < 1.29 is 9.90 Å². The second kappa shape index (κ2) is 33.9. The lowest BCUT2D eigenvalue weighted by atomic mass is 10.0. The lowest BCUT2D eigenvalue weighted by molar-refractivity contribution is -0.143. The monoisotopic (exact) mass is 580 g/mol. The quantitative estimate of drug-likeness (QED) is 0.0759. The molecule has 0 fully saturated rings. The zero-order valence-electron chi connectivity index (χ0n) is 28.7. The Morgan fingerprint density at radius 2 is 0.659 bits per heavy atom. The van der Waals surface area contributed by atoms with Crippen molar-refractivity contribution in [3.05, 3.63) is 0 Å². The molecular weight excluding hydrogens is 502 g/mol. The number of carbonyl (C=O) groups is 1. The maximum absolute atomic E-state index is 12.1. The minimum atomic E-state index is -0.603. The predicted octanol–water partition coefficient (Wildman–Crippen LogP) is 12.9. The van der Waals surface area contributed by atoms with E-state index in [1.807, 2.05) is 0 Å². The van der Waals surface area contributed by atoms with Gasteiger partial charge in [-0.2, -0.15) is 0 Å². The first-order valence-corrected chi connectivity index (χ1v) is 19.1. The van der Waals surface area contributed by atoms with Gasteiger partial charge in [-0.15, -0.1) is 0 Å². The average molecular weight is 580 g/mol. The van der Waals surface area contributed by atoms with Crippen LogP contribution < -0.4 is 0 Å². The summed E-state index contributed by atoms with van der Waals surface area (Å²) in [4.78, 5) is 14.4. The molecule has 0 aliphatic rings. The van der Waals surface area contributed by atoms with Gasteiger partial charge in [0, 0.05) is 0 Å². The topological polar surface area (TPSA) is 40.5 Å². The molecule has 1 atom stereocenters. The normalized spacial score (nSPS) is 12.4. The van der Waals surface area contributed by atoms with Gasteiger partial charge in [0.25, 0.3) is 0 Å². The van der Waals surface area contributed by atoms with Gasteiger partial charge < -0.3 is 5.11 Å². The van der Waals surface area contributed by atoms with Gasteiger partial charge in [-0.1, -0.05) is 201 Å². The van der Waals surface area contributed by atoms with E-state index in [1.54, 1.807) is 0 Å². The Balaban J connectivity index is 3.95. The van der Waals surface area contributed by atoms with Crippen LogP contribution in [0.2, 0.25) is 0 Å². The minimum Gasteiger partial charge on any atom is -0.480 e. The fourth-order valence-corrected chi connectivity index (χ4v) is 6.30. The maximum Gasteiger partial charge on any atom is 0.320 e. The average Bonchev–Trinajstić information content (AvgIpc) is 2.97. The standard InChI is InChI=1S/C38H77NO2/c1-4-7-10-12-14-16-18-20-22-24-26-28-30-32-35-39(37(38(40)41)34-9-6-3)36-33-31-29-27-25-23-21-19-17-15-13-11-8-5-2/h37H,4-36H2,1-3H3,(H,40,41). The van der Waals surface area contributed by atoms with E-state index in [2.05, 4.69) is 25.7 Å². The van der Waals surface area contributed by atoms with Crippen LogP contribution in [0, 0.1) is 0 Å². The van der Waals surface area contributed by atoms with Gasteiger partial charge in [0.05, 0.1) is 0 Å². The van der Waals surface area contributed by atoms with Crippen LogP contribution in [-0.4, -0.2) is 35.1 Å². The van der Waals surface area contributed by atoms with Gasteiger partial charge in [0.15, 0.2) is 0 Å². The number of aliphatic carboxylic acids is 1. The van der Waals surface area contributed by atoms with E-state index in [-0.39, 0.29) is 6.04 Å². The Kier molecular flexibility index (Phi) is 33.5. The smallest absolute Gasteiger partial charge is 0.320 e. The van der Waals surface area contributed by atoms with Crippen molar-refractivity contribution in [1.82, 2.24) is 4.90 Å². The molecule has 0 aliphatic heterocycles. The molecule has 0 aromatic rings. The predicted molar refractivity (Wildman–Crippen MR) is 183 cm³/mol. The molecule has 3 heteroatoms. The van der Waals surface area contributed by atoms with E-state index in [9.17, 15) is 9.90 Å². The van der Waals surface area contributed by atoms with Crippen molar-refractivity contribution in [3.8, 4) is 0 Å². The number of carboxylic acid groups (broad SMARTS) is 1. The van der Waals surface area contributed by atoms with Gasteiger partial charge >= 0.3 is 5.97 Å². The van der Waals surface area contributed by atoms with Crippen LogP contribution in [0.25, 0.3) is 0 Å². The number of hydrogen-bond acceptors (Lipinski definition) is 2. The highest BCUT2D eigenvalue weighted by molar-refractivity contribution is 5.73. The lowest BCUT2D eigenvalue weighted by Crippen LogP contribution is -2.42. The van der Waals surface area contributed by atoms with Gasteiger partial charge in [0.2, 0.25) is 0 Å². The van der Waals surface area contributed by atoms with Crippen LogP contribution >= 0.6 is 0 Å². The van der Waals surface area contributed by atoms with Crippen molar-refractivity contribution in [2.45, 2.75) is 226 Å². The molecule has 0 amide bonds. The molecule has 0 bridgehead atoms. The highest BCUT2D eigenvalue weighted by atomic mass is 16.4. The number of nitrogens with zero attached hydrogens (tertiary/aromatic N) is 1. The van der Waals surface area contributed by atoms with Crippen molar-refractivity contribution in [2.24, 2.45) is 0 Å². The summed E-state index contributed by atoms with van der Waals surface area (Å²) in [5.41, 5.74) is 0. The van der Waals surface area contributed by atoms with Crippen molar-refractivity contribution >= 4 is 5.97 Å². The molecule has 0 saturated heterocycles. The number of rotatable bonds is 35. The Hall–Kier alpha value is -0.570. The van der Waals surface area contributed by atoms with Crippen LogP contribution in [0.3, 0.4) is 0 Å². The minimum absolute atomic E-state index is 0.279. The summed E-state index contributed by atoms with van der Waals surface area (Å²) in [5, 5.41) is 9.96. The molecule has 0 aromatic heterocycles. The number of carboxylic acids is 1. The third-order valence-corrected chi connectivity index (χ3v) is 9.15. The number of hydrogen-bond donors (Lipinski definition) is 1. The first kappa shape index (κ1) is 40.4. The van der Waals surface area contributed by atoms with Gasteiger partial charge in [-0.05, 0) is 32.4 Å². The summed E-state index contributed by atoms with van der Waals surface area (Å²) in [5.74, 6) is -0.603. The summed E-state index contributed by atoms with van der Waals surface area (Å²) in [6.07, 6.45) is 41.3. The largest absolute Gasteiger partial charge is 0.480 e. The molecule has 0 rings (SSSR count). The molecule has 0 aromatic carbocycles. The first-order valence-electron chi connectivity index (χ1n) is 19.1. The maximum atomic E-state index is 12.1. The van der Waals surface area contributed by atoms with Crippen LogP contribution in [0.5, 0.6) is 0 Å². The molecule has 3 nitrogen and oxygen atoms in total. The third-order valence-electron chi connectivity index (χ3n) is 9.15. The van der Waals surface area contributed by atoms with E-state index in [0.717, 1.165) is 45.2 Å². The SMILES string of the molecule is CCCCCCCCCCCCCCCCN(CCCCCCCCCCCCCCCC)C(CCCC)C(=O)O. The second-order valence-electron chi connectivity index (χ2n) is 13.2. The van der Waals surface area contributed by atoms with E-state index in [4.69, 9.17) is 0 Å². The molecule has 0 heterocycles. The highest BCUT2D eigenvalue weighted by Crippen LogP contribution is 2.17. The fraction of sp³-hybridized carbons (Fsp3) is 0.974. The highest BCUT2D eigenvalue weighted by Gasteiger charge is 2.24. The van der Waals surface area contributed by atoms with Crippen molar-refractivity contribution in [1.29, 1.82) is 0 Å². The fourth-order valence-electron chi connectivity index (χ4n) is 6.30. The van der Waals surface area contributed by atoms with Crippen LogP contribution in [0.15, 0.2) is 0 Å². The van der Waals surface area contributed by atoms with Crippen molar-refractivity contribution in [2.75, 3.05) is 13.1 Å². The molecule has 0 aliphatic carbocycles. The Morgan fingerprint density at radius 1 is 0.415 bits per heavy atom. The van der Waals surface area contributed by atoms with E-state index in [1.165, 1.54) is 167 Å².